The molecule has 8 heteroatoms. The Morgan fingerprint density at radius 1 is 0.439 bits per heavy atom. The SMILES string of the molecule is OCCOc1cc(OCCO)cc(C2(c3cc(OCCO)cc(OCCO)c3)c3ccccc3-c3ccccc32)c1. The van der Waals surface area contributed by atoms with Gasteiger partial charge in [0.2, 0.25) is 0 Å². The van der Waals surface area contributed by atoms with E-state index in [-0.39, 0.29) is 52.9 Å². The molecule has 0 fully saturated rings. The highest BCUT2D eigenvalue weighted by Gasteiger charge is 2.47. The highest BCUT2D eigenvalue weighted by atomic mass is 16.5. The van der Waals surface area contributed by atoms with E-state index in [9.17, 15) is 20.4 Å². The van der Waals surface area contributed by atoms with Crippen LogP contribution in [0.15, 0.2) is 84.9 Å². The van der Waals surface area contributed by atoms with Crippen molar-refractivity contribution in [3.63, 3.8) is 0 Å². The molecule has 0 heterocycles. The van der Waals surface area contributed by atoms with E-state index in [2.05, 4.69) is 24.3 Å². The normalized spacial score (nSPS) is 12.9. The topological polar surface area (TPSA) is 118 Å². The second-order valence-corrected chi connectivity index (χ2v) is 9.52. The smallest absolute Gasteiger partial charge is 0.123 e. The summed E-state index contributed by atoms with van der Waals surface area (Å²) in [5, 5.41) is 37.8. The van der Waals surface area contributed by atoms with E-state index < -0.39 is 5.41 Å². The molecule has 0 saturated heterocycles. The molecule has 0 atom stereocenters. The minimum atomic E-state index is -0.876. The Kier molecular flexibility index (Phi) is 9.06. The monoisotopic (exact) mass is 558 g/mol. The summed E-state index contributed by atoms with van der Waals surface area (Å²) < 4.78 is 23.6. The molecule has 5 rings (SSSR count). The lowest BCUT2D eigenvalue weighted by Crippen LogP contribution is -2.29. The average Bonchev–Trinajstić information content (AvgIpc) is 3.32. The Morgan fingerprint density at radius 2 is 0.756 bits per heavy atom. The summed E-state index contributed by atoms with van der Waals surface area (Å²) in [5.74, 6) is 2.04. The van der Waals surface area contributed by atoms with Gasteiger partial charge in [-0.2, -0.15) is 0 Å². The molecule has 0 aliphatic heterocycles. The Balaban J connectivity index is 1.84. The molecule has 0 bridgehead atoms. The van der Waals surface area contributed by atoms with Crippen LogP contribution in [0.1, 0.15) is 22.3 Å². The predicted molar refractivity (Wildman–Crippen MR) is 154 cm³/mol. The van der Waals surface area contributed by atoms with E-state index in [4.69, 9.17) is 18.9 Å². The molecule has 4 N–H and O–H groups in total. The van der Waals surface area contributed by atoms with Crippen molar-refractivity contribution in [1.29, 1.82) is 0 Å². The molecular formula is C33H34O8. The van der Waals surface area contributed by atoms with Crippen molar-refractivity contribution in [3.8, 4) is 34.1 Å². The third-order valence-corrected chi connectivity index (χ3v) is 7.02. The number of aliphatic hydroxyl groups excluding tert-OH is 4. The Morgan fingerprint density at radius 3 is 1.07 bits per heavy atom. The molecule has 0 spiro atoms. The summed E-state index contributed by atoms with van der Waals surface area (Å²) in [6, 6.07) is 27.7. The van der Waals surface area contributed by atoms with Crippen molar-refractivity contribution >= 4 is 0 Å². The Bertz CT molecular complexity index is 1300. The van der Waals surface area contributed by atoms with Crippen molar-refractivity contribution in [2.75, 3.05) is 52.9 Å². The van der Waals surface area contributed by atoms with Gasteiger partial charge in [0.15, 0.2) is 0 Å². The van der Waals surface area contributed by atoms with Crippen LogP contribution in [0.3, 0.4) is 0 Å². The van der Waals surface area contributed by atoms with E-state index >= 15 is 0 Å². The summed E-state index contributed by atoms with van der Waals surface area (Å²) in [7, 11) is 0. The van der Waals surface area contributed by atoms with Crippen LogP contribution in [0.5, 0.6) is 23.0 Å². The number of benzene rings is 4. The summed E-state index contributed by atoms with van der Waals surface area (Å²) in [4.78, 5) is 0. The van der Waals surface area contributed by atoms with Crippen LogP contribution in [0, 0.1) is 0 Å². The maximum absolute atomic E-state index is 9.46. The minimum absolute atomic E-state index is 0.104. The molecule has 0 radical (unpaired) electrons. The van der Waals surface area contributed by atoms with E-state index in [0.717, 1.165) is 33.4 Å². The molecular weight excluding hydrogens is 524 g/mol. The molecule has 0 saturated carbocycles. The molecule has 4 aromatic rings. The van der Waals surface area contributed by atoms with Gasteiger partial charge in [-0.05, 0) is 57.6 Å². The maximum Gasteiger partial charge on any atom is 0.123 e. The van der Waals surface area contributed by atoms with E-state index in [1.807, 2.05) is 48.5 Å². The highest BCUT2D eigenvalue weighted by molar-refractivity contribution is 5.86. The van der Waals surface area contributed by atoms with Gasteiger partial charge < -0.3 is 39.4 Å². The fraction of sp³-hybridized carbons (Fsp3) is 0.273. The van der Waals surface area contributed by atoms with Crippen LogP contribution >= 0.6 is 0 Å². The molecule has 0 unspecified atom stereocenters. The Labute approximate surface area is 239 Å². The van der Waals surface area contributed by atoms with Crippen LogP contribution in [0.4, 0.5) is 0 Å². The molecule has 8 nitrogen and oxygen atoms in total. The van der Waals surface area contributed by atoms with Gasteiger partial charge in [-0.1, -0.05) is 48.5 Å². The first-order valence-corrected chi connectivity index (χ1v) is 13.6. The van der Waals surface area contributed by atoms with Gasteiger partial charge in [-0.25, -0.2) is 0 Å². The quantitative estimate of drug-likeness (QED) is 0.164. The number of hydrogen-bond acceptors (Lipinski definition) is 8. The van der Waals surface area contributed by atoms with Crippen molar-refractivity contribution < 1.29 is 39.4 Å². The van der Waals surface area contributed by atoms with Crippen LogP contribution in [-0.2, 0) is 5.41 Å². The third-order valence-electron chi connectivity index (χ3n) is 7.02. The van der Waals surface area contributed by atoms with Crippen LogP contribution in [-0.4, -0.2) is 73.3 Å². The van der Waals surface area contributed by atoms with Crippen LogP contribution < -0.4 is 18.9 Å². The molecule has 1 aliphatic rings. The van der Waals surface area contributed by atoms with Crippen molar-refractivity contribution in [3.05, 3.63) is 107 Å². The summed E-state index contributed by atoms with van der Waals surface area (Å²) in [5.41, 5.74) is 5.00. The summed E-state index contributed by atoms with van der Waals surface area (Å²) >= 11 is 0. The Hall–Kier alpha value is -4.08. The predicted octanol–water partition coefficient (Wildman–Crippen LogP) is 3.53. The molecule has 0 aromatic heterocycles. The van der Waals surface area contributed by atoms with Gasteiger partial charge in [-0.3, -0.25) is 0 Å². The van der Waals surface area contributed by atoms with E-state index in [0.29, 0.717) is 23.0 Å². The molecule has 41 heavy (non-hydrogen) atoms. The number of aliphatic hydroxyl groups is 4. The second kappa shape index (κ2) is 13.1. The van der Waals surface area contributed by atoms with Gasteiger partial charge in [0, 0.05) is 12.1 Å². The largest absolute Gasteiger partial charge is 0.491 e. The van der Waals surface area contributed by atoms with Gasteiger partial charge >= 0.3 is 0 Å². The number of fused-ring (bicyclic) bond motifs is 3. The molecule has 4 aromatic carbocycles. The van der Waals surface area contributed by atoms with Crippen molar-refractivity contribution in [2.45, 2.75) is 5.41 Å². The average molecular weight is 559 g/mol. The number of rotatable bonds is 14. The van der Waals surface area contributed by atoms with Gasteiger partial charge in [-0.15, -0.1) is 0 Å². The van der Waals surface area contributed by atoms with Crippen LogP contribution in [0.2, 0.25) is 0 Å². The van der Waals surface area contributed by atoms with Crippen LogP contribution in [0.25, 0.3) is 11.1 Å². The molecule has 214 valence electrons. The van der Waals surface area contributed by atoms with Gasteiger partial charge in [0.1, 0.15) is 49.4 Å². The first-order valence-electron chi connectivity index (χ1n) is 13.6. The third kappa shape index (κ3) is 5.60. The van der Waals surface area contributed by atoms with E-state index in [1.54, 1.807) is 12.1 Å². The highest BCUT2D eigenvalue weighted by Crippen LogP contribution is 2.57. The first kappa shape index (κ1) is 28.4. The summed E-state index contributed by atoms with van der Waals surface area (Å²) in [6.07, 6.45) is 0. The maximum atomic E-state index is 9.46. The standard InChI is InChI=1S/C33H34O8/c34-9-13-38-25-17-23(18-26(21-25)39-14-10-35)33(24-19-27(40-15-11-36)22-28(20-24)41-16-12-37)31-7-3-1-5-29(31)30-6-2-4-8-32(30)33/h1-8,17-22,34-37H,9-16H2. The number of ether oxygens (including phenoxy) is 4. The fourth-order valence-corrected chi connectivity index (χ4v) is 5.59. The summed E-state index contributed by atoms with van der Waals surface area (Å²) in [6.45, 7) is -0.181. The van der Waals surface area contributed by atoms with Gasteiger partial charge in [0.25, 0.3) is 0 Å². The van der Waals surface area contributed by atoms with E-state index in [1.165, 1.54) is 0 Å². The van der Waals surface area contributed by atoms with Gasteiger partial charge in [0.05, 0.1) is 31.8 Å². The first-order chi connectivity index (χ1) is 20.1. The minimum Gasteiger partial charge on any atom is -0.491 e. The number of hydrogen-bond donors (Lipinski definition) is 4. The van der Waals surface area contributed by atoms with Crippen molar-refractivity contribution in [1.82, 2.24) is 0 Å². The zero-order chi connectivity index (χ0) is 28.7. The molecule has 0 amide bonds. The lowest BCUT2D eigenvalue weighted by atomic mass is 9.67. The van der Waals surface area contributed by atoms with Crippen molar-refractivity contribution in [2.24, 2.45) is 0 Å². The molecule has 1 aliphatic carbocycles. The zero-order valence-electron chi connectivity index (χ0n) is 22.7. The lowest BCUT2D eigenvalue weighted by Gasteiger charge is -2.35. The lowest BCUT2D eigenvalue weighted by molar-refractivity contribution is 0.194. The fourth-order valence-electron chi connectivity index (χ4n) is 5.59. The second-order valence-electron chi connectivity index (χ2n) is 9.52. The zero-order valence-corrected chi connectivity index (χ0v) is 22.7.